The van der Waals surface area contributed by atoms with E-state index in [0.717, 1.165) is 0 Å². The number of nitrogens with zero attached hydrogens (tertiary/aromatic N) is 6. The molecule has 3 heterocycles. The Hall–Kier alpha value is -4.74. The van der Waals surface area contributed by atoms with E-state index in [0.29, 0.717) is 39.6 Å². The minimum Gasteiger partial charge on any atom is -0.493 e. The molecule has 0 spiro atoms. The van der Waals surface area contributed by atoms with Gasteiger partial charge in [-0.15, -0.1) is 0 Å². The first kappa shape index (κ1) is 22.1. The van der Waals surface area contributed by atoms with Crippen LogP contribution in [0.2, 0.25) is 0 Å². The Kier molecular flexibility index (Phi) is 5.61. The molecule has 0 amide bonds. The van der Waals surface area contributed by atoms with E-state index in [4.69, 9.17) is 18.7 Å². The summed E-state index contributed by atoms with van der Waals surface area (Å²) in [6.07, 6.45) is 1.40. The van der Waals surface area contributed by atoms with E-state index in [1.807, 2.05) is 0 Å². The summed E-state index contributed by atoms with van der Waals surface area (Å²) in [7, 11) is 4.53. The van der Waals surface area contributed by atoms with Gasteiger partial charge in [0.2, 0.25) is 17.5 Å². The van der Waals surface area contributed by atoms with E-state index in [1.54, 1.807) is 30.3 Å². The average molecular weight is 478 g/mol. The van der Waals surface area contributed by atoms with Crippen LogP contribution < -0.4 is 19.8 Å². The SMILES string of the molecule is COc1cc(-c2noc(Cn3ncn4nc(-c5ccc(F)cc5)cc4c3=O)n2)cc(OC)c1OC. The topological polar surface area (TPSA) is 119 Å². The predicted octanol–water partition coefficient (Wildman–Crippen LogP) is 2.82. The molecule has 2 aromatic carbocycles. The molecule has 35 heavy (non-hydrogen) atoms. The molecule has 0 bridgehead atoms. The lowest BCUT2D eigenvalue weighted by Crippen LogP contribution is -2.25. The smallest absolute Gasteiger partial charge is 0.293 e. The van der Waals surface area contributed by atoms with Gasteiger partial charge >= 0.3 is 0 Å². The molecule has 0 aliphatic rings. The highest BCUT2D eigenvalue weighted by Crippen LogP contribution is 2.40. The summed E-state index contributed by atoms with van der Waals surface area (Å²) in [5.41, 5.74) is 1.66. The lowest BCUT2D eigenvalue weighted by molar-refractivity contribution is 0.324. The molecule has 0 unspecified atom stereocenters. The van der Waals surface area contributed by atoms with Crippen LogP contribution in [0.3, 0.4) is 0 Å². The van der Waals surface area contributed by atoms with Gasteiger partial charge in [0.05, 0.1) is 27.0 Å². The highest BCUT2D eigenvalue weighted by Gasteiger charge is 2.18. The van der Waals surface area contributed by atoms with Gasteiger partial charge in [0, 0.05) is 11.1 Å². The molecule has 0 aliphatic heterocycles. The van der Waals surface area contributed by atoms with Crippen molar-refractivity contribution in [2.24, 2.45) is 0 Å². The Morgan fingerprint density at radius 3 is 2.34 bits per heavy atom. The predicted molar refractivity (Wildman–Crippen MR) is 121 cm³/mol. The first-order valence-electron chi connectivity index (χ1n) is 10.3. The van der Waals surface area contributed by atoms with Crippen molar-refractivity contribution in [1.82, 2.24) is 29.5 Å². The molecule has 11 nitrogen and oxygen atoms in total. The van der Waals surface area contributed by atoms with Gasteiger partial charge in [0.25, 0.3) is 5.56 Å². The largest absolute Gasteiger partial charge is 0.493 e. The van der Waals surface area contributed by atoms with Crippen LogP contribution in [0.5, 0.6) is 17.2 Å². The average Bonchev–Trinajstić information content (AvgIpc) is 3.53. The van der Waals surface area contributed by atoms with E-state index in [1.165, 1.54) is 49.0 Å². The molecule has 0 fully saturated rings. The number of fused-ring (bicyclic) bond motifs is 1. The number of hydrogen-bond donors (Lipinski definition) is 0. The van der Waals surface area contributed by atoms with Gasteiger partial charge in [-0.1, -0.05) is 5.16 Å². The van der Waals surface area contributed by atoms with Crippen LogP contribution in [-0.2, 0) is 6.54 Å². The molecule has 12 heteroatoms. The van der Waals surface area contributed by atoms with Crippen molar-refractivity contribution in [3.8, 4) is 39.9 Å². The van der Waals surface area contributed by atoms with Crippen molar-refractivity contribution in [3.05, 3.63) is 70.9 Å². The summed E-state index contributed by atoms with van der Waals surface area (Å²) in [5, 5.41) is 12.5. The minimum atomic E-state index is -0.402. The maximum absolute atomic E-state index is 13.2. The summed E-state index contributed by atoms with van der Waals surface area (Å²) in [5.74, 6) is 1.41. The molecule has 0 N–H and O–H groups in total. The molecule has 3 aromatic heterocycles. The molecule has 0 aliphatic carbocycles. The summed E-state index contributed by atoms with van der Waals surface area (Å²) >= 11 is 0. The van der Waals surface area contributed by atoms with Crippen LogP contribution in [-0.4, -0.2) is 50.9 Å². The molecular weight excluding hydrogens is 459 g/mol. The maximum atomic E-state index is 13.2. The molecule has 5 rings (SSSR count). The van der Waals surface area contributed by atoms with E-state index in [2.05, 4.69) is 20.3 Å². The quantitative estimate of drug-likeness (QED) is 0.348. The second-order valence-corrected chi connectivity index (χ2v) is 7.39. The van der Waals surface area contributed by atoms with Gasteiger partial charge in [0.1, 0.15) is 24.2 Å². The van der Waals surface area contributed by atoms with Gasteiger partial charge < -0.3 is 18.7 Å². The Labute approximate surface area is 197 Å². The van der Waals surface area contributed by atoms with Crippen molar-refractivity contribution in [2.45, 2.75) is 6.54 Å². The van der Waals surface area contributed by atoms with Gasteiger partial charge in [-0.2, -0.15) is 15.2 Å². The summed E-state index contributed by atoms with van der Waals surface area (Å²) < 4.78 is 37.2. The van der Waals surface area contributed by atoms with E-state index in [-0.39, 0.29) is 24.1 Å². The number of benzene rings is 2. The van der Waals surface area contributed by atoms with Gasteiger partial charge in [0.15, 0.2) is 11.5 Å². The number of hydrogen-bond acceptors (Lipinski definition) is 9. The zero-order valence-corrected chi connectivity index (χ0v) is 18.9. The third kappa shape index (κ3) is 4.05. The minimum absolute atomic E-state index is 0.0518. The fourth-order valence-corrected chi connectivity index (χ4v) is 3.59. The van der Waals surface area contributed by atoms with Crippen molar-refractivity contribution >= 4 is 5.52 Å². The van der Waals surface area contributed by atoms with Crippen LogP contribution in [0.4, 0.5) is 4.39 Å². The lowest BCUT2D eigenvalue weighted by Gasteiger charge is -2.12. The standard InChI is InChI=1S/C23H19FN6O5/c1-32-18-8-14(9-19(33-2)21(18)34-3)22-26-20(35-28-22)11-29-23(31)17-10-16(27-30(17)12-25-29)13-4-6-15(24)7-5-13/h4-10,12H,11H2,1-3H3. The van der Waals surface area contributed by atoms with Crippen LogP contribution in [0.15, 0.2) is 58.1 Å². The first-order valence-corrected chi connectivity index (χ1v) is 10.3. The van der Waals surface area contributed by atoms with Gasteiger partial charge in [-0.3, -0.25) is 4.79 Å². The van der Waals surface area contributed by atoms with Crippen molar-refractivity contribution < 1.29 is 23.1 Å². The summed E-state index contributed by atoms with van der Waals surface area (Å²) in [4.78, 5) is 17.4. The Bertz CT molecular complexity index is 1550. The highest BCUT2D eigenvalue weighted by molar-refractivity contribution is 5.67. The Morgan fingerprint density at radius 1 is 0.971 bits per heavy atom. The summed E-state index contributed by atoms with van der Waals surface area (Å²) in [6, 6.07) is 10.8. The monoisotopic (exact) mass is 478 g/mol. The second kappa shape index (κ2) is 8.89. The molecule has 0 saturated heterocycles. The van der Waals surface area contributed by atoms with E-state index < -0.39 is 5.56 Å². The lowest BCUT2D eigenvalue weighted by atomic mass is 10.1. The third-order valence-corrected chi connectivity index (χ3v) is 5.31. The third-order valence-electron chi connectivity index (χ3n) is 5.31. The van der Waals surface area contributed by atoms with Crippen molar-refractivity contribution in [2.75, 3.05) is 21.3 Å². The molecule has 5 aromatic rings. The van der Waals surface area contributed by atoms with Crippen molar-refractivity contribution in [1.29, 1.82) is 0 Å². The van der Waals surface area contributed by atoms with Gasteiger partial charge in [-0.25, -0.2) is 13.6 Å². The molecular formula is C23H19FN6O5. The number of rotatable bonds is 7. The first-order chi connectivity index (χ1) is 17.0. The Balaban J connectivity index is 1.45. The summed E-state index contributed by atoms with van der Waals surface area (Å²) in [6.45, 7) is -0.0518. The van der Waals surface area contributed by atoms with Crippen LogP contribution >= 0.6 is 0 Å². The van der Waals surface area contributed by atoms with Gasteiger partial charge in [-0.05, 0) is 42.5 Å². The molecule has 178 valence electrons. The van der Waals surface area contributed by atoms with Crippen LogP contribution in [0.25, 0.3) is 28.2 Å². The van der Waals surface area contributed by atoms with Crippen LogP contribution in [0, 0.1) is 5.82 Å². The normalized spacial score (nSPS) is 11.1. The highest BCUT2D eigenvalue weighted by atomic mass is 19.1. The molecule has 0 radical (unpaired) electrons. The second-order valence-electron chi connectivity index (χ2n) is 7.39. The number of aromatic nitrogens is 6. The number of methoxy groups -OCH3 is 3. The zero-order valence-electron chi connectivity index (χ0n) is 18.9. The Morgan fingerprint density at radius 2 is 1.69 bits per heavy atom. The number of halogens is 1. The zero-order chi connectivity index (χ0) is 24.5. The molecule has 0 atom stereocenters. The maximum Gasteiger partial charge on any atom is 0.293 e. The fraction of sp³-hybridized carbons (Fsp3) is 0.174. The van der Waals surface area contributed by atoms with Crippen LogP contribution in [0.1, 0.15) is 5.89 Å². The molecule has 0 saturated carbocycles. The van der Waals surface area contributed by atoms with E-state index >= 15 is 0 Å². The number of ether oxygens (including phenoxy) is 3. The van der Waals surface area contributed by atoms with Crippen molar-refractivity contribution in [3.63, 3.8) is 0 Å². The fourth-order valence-electron chi connectivity index (χ4n) is 3.59. The van der Waals surface area contributed by atoms with E-state index in [9.17, 15) is 9.18 Å².